The Morgan fingerprint density at radius 1 is 1.15 bits per heavy atom. The number of methoxy groups -OCH3 is 1. The van der Waals surface area contributed by atoms with Crippen LogP contribution in [0.3, 0.4) is 0 Å². The minimum absolute atomic E-state index is 0.0365. The van der Waals surface area contributed by atoms with E-state index in [1.54, 1.807) is 7.11 Å². The van der Waals surface area contributed by atoms with Gasteiger partial charge >= 0.3 is 0 Å². The zero-order chi connectivity index (χ0) is 24.1. The molecule has 1 unspecified atom stereocenters. The maximum Gasteiger partial charge on any atom is 0.241 e. The van der Waals surface area contributed by atoms with Crippen molar-refractivity contribution in [1.29, 1.82) is 0 Å². The lowest BCUT2D eigenvalue weighted by Gasteiger charge is -2.31. The molecule has 4 rings (SSSR count). The normalized spacial score (nSPS) is 15.8. The van der Waals surface area contributed by atoms with Crippen molar-refractivity contribution in [2.75, 3.05) is 20.2 Å². The first-order chi connectivity index (χ1) is 16.5. The van der Waals surface area contributed by atoms with Gasteiger partial charge in [0.05, 0.1) is 19.7 Å². The van der Waals surface area contributed by atoms with Crippen LogP contribution in [0.15, 0.2) is 47.0 Å². The number of rotatable bonds is 8. The molecule has 2 heterocycles. The summed E-state index contributed by atoms with van der Waals surface area (Å²) in [6.45, 7) is 8.61. The van der Waals surface area contributed by atoms with Crippen molar-refractivity contribution in [2.24, 2.45) is 5.92 Å². The molecule has 2 aromatic carbocycles. The van der Waals surface area contributed by atoms with Gasteiger partial charge in [-0.2, -0.15) is 4.98 Å². The summed E-state index contributed by atoms with van der Waals surface area (Å²) < 4.78 is 10.7. The van der Waals surface area contributed by atoms with Crippen molar-refractivity contribution in [3.63, 3.8) is 0 Å². The Labute approximate surface area is 201 Å². The standard InChI is InChI=1S/C27H34N4O3/c1-5-24(22-7-6-18(2)19(3)16-22)28-27(32)21-12-14-31(15-13-21)17-25-29-26(30-34-25)20-8-10-23(33-4)11-9-20/h6-11,16,21,24H,5,12-15,17H2,1-4H3,(H,28,32). The summed E-state index contributed by atoms with van der Waals surface area (Å²) in [7, 11) is 1.64. The van der Waals surface area contributed by atoms with Crippen LogP contribution >= 0.6 is 0 Å². The minimum atomic E-state index is 0.0365. The molecular weight excluding hydrogens is 428 g/mol. The topological polar surface area (TPSA) is 80.5 Å². The molecule has 1 aromatic heterocycles. The summed E-state index contributed by atoms with van der Waals surface area (Å²) >= 11 is 0. The molecule has 1 amide bonds. The van der Waals surface area contributed by atoms with Gasteiger partial charge in [0.2, 0.25) is 17.6 Å². The number of nitrogens with zero attached hydrogens (tertiary/aromatic N) is 3. The first-order valence-corrected chi connectivity index (χ1v) is 12.0. The summed E-state index contributed by atoms with van der Waals surface area (Å²) in [6.07, 6.45) is 2.53. The highest BCUT2D eigenvalue weighted by Crippen LogP contribution is 2.24. The lowest BCUT2D eigenvalue weighted by atomic mass is 9.94. The Morgan fingerprint density at radius 3 is 2.53 bits per heavy atom. The second-order valence-corrected chi connectivity index (χ2v) is 9.10. The lowest BCUT2D eigenvalue weighted by Crippen LogP contribution is -2.41. The first kappa shape index (κ1) is 24.0. The molecule has 1 saturated heterocycles. The average Bonchev–Trinajstić information content (AvgIpc) is 3.33. The number of aromatic nitrogens is 2. The van der Waals surface area contributed by atoms with Crippen LogP contribution in [0.25, 0.3) is 11.4 Å². The molecule has 1 N–H and O–H groups in total. The summed E-state index contributed by atoms with van der Waals surface area (Å²) in [4.78, 5) is 19.8. The third-order valence-corrected chi connectivity index (χ3v) is 6.79. The van der Waals surface area contributed by atoms with E-state index < -0.39 is 0 Å². The highest BCUT2D eigenvalue weighted by molar-refractivity contribution is 5.79. The van der Waals surface area contributed by atoms with Crippen LogP contribution in [0.5, 0.6) is 5.75 Å². The van der Waals surface area contributed by atoms with E-state index in [0.29, 0.717) is 18.3 Å². The van der Waals surface area contributed by atoms with Gasteiger partial charge < -0.3 is 14.6 Å². The Balaban J connectivity index is 1.28. The number of piperidine rings is 1. The highest BCUT2D eigenvalue weighted by Gasteiger charge is 2.27. The third kappa shape index (κ3) is 5.65. The van der Waals surface area contributed by atoms with Crippen molar-refractivity contribution in [3.8, 4) is 17.1 Å². The van der Waals surface area contributed by atoms with Crippen molar-refractivity contribution < 1.29 is 14.1 Å². The van der Waals surface area contributed by atoms with Gasteiger partial charge in [0.25, 0.3) is 0 Å². The number of ether oxygens (including phenoxy) is 1. The number of benzene rings is 2. The van der Waals surface area contributed by atoms with E-state index in [-0.39, 0.29) is 17.9 Å². The van der Waals surface area contributed by atoms with Gasteiger partial charge in [-0.1, -0.05) is 30.3 Å². The van der Waals surface area contributed by atoms with Gasteiger partial charge in [0.1, 0.15) is 5.75 Å². The summed E-state index contributed by atoms with van der Waals surface area (Å²) in [5.41, 5.74) is 4.60. The molecular formula is C27H34N4O3. The molecule has 1 fully saturated rings. The molecule has 0 spiro atoms. The van der Waals surface area contributed by atoms with Crippen molar-refractivity contribution in [1.82, 2.24) is 20.4 Å². The maximum atomic E-state index is 13.0. The van der Waals surface area contributed by atoms with Crippen LogP contribution in [-0.2, 0) is 11.3 Å². The van der Waals surface area contributed by atoms with Crippen LogP contribution in [-0.4, -0.2) is 41.1 Å². The average molecular weight is 463 g/mol. The fourth-order valence-corrected chi connectivity index (χ4v) is 4.41. The Morgan fingerprint density at radius 2 is 1.88 bits per heavy atom. The van der Waals surface area contributed by atoms with Gasteiger partial charge in [-0.25, -0.2) is 0 Å². The fraction of sp³-hybridized carbons (Fsp3) is 0.444. The SMILES string of the molecule is CCC(NC(=O)C1CCN(Cc2nc(-c3ccc(OC)cc3)no2)CC1)c1ccc(C)c(C)c1. The second kappa shape index (κ2) is 10.8. The van der Waals surface area contributed by atoms with Gasteiger partial charge in [0.15, 0.2) is 0 Å². The fourth-order valence-electron chi connectivity index (χ4n) is 4.41. The van der Waals surface area contributed by atoms with Crippen molar-refractivity contribution in [2.45, 2.75) is 52.6 Å². The third-order valence-electron chi connectivity index (χ3n) is 6.79. The van der Waals surface area contributed by atoms with E-state index in [2.05, 4.69) is 59.3 Å². The molecule has 1 atom stereocenters. The number of nitrogens with one attached hydrogen (secondary N) is 1. The molecule has 1 aliphatic heterocycles. The predicted molar refractivity (Wildman–Crippen MR) is 131 cm³/mol. The van der Waals surface area contributed by atoms with E-state index in [1.807, 2.05) is 24.3 Å². The van der Waals surface area contributed by atoms with Crippen LogP contribution in [0.2, 0.25) is 0 Å². The molecule has 1 aliphatic rings. The Bertz CT molecular complexity index is 1100. The number of likely N-dealkylation sites (tertiary alicyclic amines) is 1. The van der Waals surface area contributed by atoms with E-state index in [1.165, 1.54) is 16.7 Å². The maximum absolute atomic E-state index is 13.0. The summed E-state index contributed by atoms with van der Waals surface area (Å²) in [6, 6.07) is 14.1. The number of carbonyl (C=O) groups is 1. The smallest absolute Gasteiger partial charge is 0.241 e. The van der Waals surface area contributed by atoms with E-state index in [0.717, 1.165) is 43.7 Å². The molecule has 3 aromatic rings. The second-order valence-electron chi connectivity index (χ2n) is 9.10. The Kier molecular flexibility index (Phi) is 7.63. The van der Waals surface area contributed by atoms with Crippen molar-refractivity contribution >= 4 is 5.91 Å². The molecule has 34 heavy (non-hydrogen) atoms. The molecule has 0 aliphatic carbocycles. The van der Waals surface area contributed by atoms with E-state index in [9.17, 15) is 4.79 Å². The van der Waals surface area contributed by atoms with Crippen LogP contribution < -0.4 is 10.1 Å². The van der Waals surface area contributed by atoms with Crippen LogP contribution in [0.4, 0.5) is 0 Å². The number of carbonyl (C=O) groups excluding carboxylic acids is 1. The largest absolute Gasteiger partial charge is 0.497 e. The van der Waals surface area contributed by atoms with Gasteiger partial charge in [0, 0.05) is 11.5 Å². The van der Waals surface area contributed by atoms with Gasteiger partial charge in [-0.15, -0.1) is 0 Å². The van der Waals surface area contributed by atoms with Crippen molar-refractivity contribution in [3.05, 3.63) is 65.0 Å². The number of hydrogen-bond acceptors (Lipinski definition) is 6. The monoisotopic (exact) mass is 462 g/mol. The molecule has 0 radical (unpaired) electrons. The molecule has 0 saturated carbocycles. The van der Waals surface area contributed by atoms with Crippen LogP contribution in [0, 0.1) is 19.8 Å². The lowest BCUT2D eigenvalue weighted by molar-refractivity contribution is -0.127. The molecule has 180 valence electrons. The number of aryl methyl sites for hydroxylation is 2. The number of amides is 1. The Hall–Kier alpha value is -3.19. The quantitative estimate of drug-likeness (QED) is 0.516. The van der Waals surface area contributed by atoms with Gasteiger partial charge in [-0.05, 0) is 87.2 Å². The molecule has 7 heteroatoms. The highest BCUT2D eigenvalue weighted by atomic mass is 16.5. The zero-order valence-corrected chi connectivity index (χ0v) is 20.5. The molecule has 7 nitrogen and oxygen atoms in total. The molecule has 0 bridgehead atoms. The predicted octanol–water partition coefficient (Wildman–Crippen LogP) is 4.84. The van der Waals surface area contributed by atoms with Crippen LogP contribution in [0.1, 0.15) is 54.8 Å². The first-order valence-electron chi connectivity index (χ1n) is 12.0. The minimum Gasteiger partial charge on any atom is -0.497 e. The zero-order valence-electron chi connectivity index (χ0n) is 20.5. The summed E-state index contributed by atoms with van der Waals surface area (Å²) in [5.74, 6) is 2.15. The van der Waals surface area contributed by atoms with Gasteiger partial charge in [-0.3, -0.25) is 9.69 Å². The van der Waals surface area contributed by atoms with E-state index in [4.69, 9.17) is 9.26 Å². The van der Waals surface area contributed by atoms with E-state index >= 15 is 0 Å². The summed E-state index contributed by atoms with van der Waals surface area (Å²) in [5, 5.41) is 7.40. The number of hydrogen-bond donors (Lipinski definition) is 1.